The Bertz CT molecular complexity index is 986. The standard InChI is InChI=1S/C24H28N2O5S/c1-3-26(23(27)9-4-12-25-24(28)21-8-5-13-30-21)16-18-10-11-20(22(15-18)29-2)31-17-19-7-6-14-32-19/h5-8,10-11,13-15H,3-4,9,12,16-17H2,1-2H3,(H,25,28). The zero-order valence-electron chi connectivity index (χ0n) is 18.3. The molecule has 0 unspecified atom stereocenters. The van der Waals surface area contributed by atoms with Crippen LogP contribution in [0.2, 0.25) is 0 Å². The Labute approximate surface area is 191 Å². The van der Waals surface area contributed by atoms with Crippen LogP contribution >= 0.6 is 11.3 Å². The lowest BCUT2D eigenvalue weighted by molar-refractivity contribution is -0.131. The maximum Gasteiger partial charge on any atom is 0.286 e. The summed E-state index contributed by atoms with van der Waals surface area (Å²) in [6, 6.07) is 13.0. The fourth-order valence-electron chi connectivity index (χ4n) is 3.16. The van der Waals surface area contributed by atoms with Crippen LogP contribution in [0.1, 0.15) is 40.8 Å². The molecule has 2 heterocycles. The normalized spacial score (nSPS) is 10.6. The van der Waals surface area contributed by atoms with E-state index in [1.165, 1.54) is 6.26 Å². The highest BCUT2D eigenvalue weighted by Crippen LogP contribution is 2.29. The van der Waals surface area contributed by atoms with Gasteiger partial charge in [0.25, 0.3) is 5.91 Å². The predicted molar refractivity (Wildman–Crippen MR) is 123 cm³/mol. The van der Waals surface area contributed by atoms with E-state index in [2.05, 4.69) is 5.32 Å². The van der Waals surface area contributed by atoms with Gasteiger partial charge in [0.2, 0.25) is 5.91 Å². The first kappa shape index (κ1) is 23.4. The van der Waals surface area contributed by atoms with Gasteiger partial charge < -0.3 is 24.1 Å². The van der Waals surface area contributed by atoms with Crippen molar-refractivity contribution in [1.82, 2.24) is 10.2 Å². The van der Waals surface area contributed by atoms with Gasteiger partial charge >= 0.3 is 0 Å². The molecule has 0 aliphatic carbocycles. The number of benzene rings is 1. The van der Waals surface area contributed by atoms with Crippen LogP contribution in [0.15, 0.2) is 58.5 Å². The molecule has 0 aliphatic heterocycles. The molecule has 2 aromatic heterocycles. The van der Waals surface area contributed by atoms with Crippen LogP contribution < -0.4 is 14.8 Å². The molecule has 1 N–H and O–H groups in total. The number of carbonyl (C=O) groups is 2. The van der Waals surface area contributed by atoms with Gasteiger partial charge in [0.15, 0.2) is 17.3 Å². The van der Waals surface area contributed by atoms with Crippen molar-refractivity contribution in [3.8, 4) is 11.5 Å². The quantitative estimate of drug-likeness (QED) is 0.406. The summed E-state index contributed by atoms with van der Waals surface area (Å²) in [6.07, 6.45) is 2.36. The Morgan fingerprint density at radius 2 is 2.03 bits per heavy atom. The lowest BCUT2D eigenvalue weighted by Gasteiger charge is -2.22. The number of hydrogen-bond acceptors (Lipinski definition) is 6. The Hall–Kier alpha value is -3.26. The van der Waals surface area contributed by atoms with Gasteiger partial charge in [-0.2, -0.15) is 0 Å². The van der Waals surface area contributed by atoms with Crippen molar-refractivity contribution in [2.24, 2.45) is 0 Å². The average Bonchev–Trinajstić information content (AvgIpc) is 3.53. The summed E-state index contributed by atoms with van der Waals surface area (Å²) in [7, 11) is 1.61. The zero-order valence-corrected chi connectivity index (χ0v) is 19.2. The first-order valence-corrected chi connectivity index (χ1v) is 11.4. The summed E-state index contributed by atoms with van der Waals surface area (Å²) in [5.41, 5.74) is 0.964. The van der Waals surface area contributed by atoms with E-state index in [0.717, 1.165) is 10.4 Å². The monoisotopic (exact) mass is 456 g/mol. The van der Waals surface area contributed by atoms with E-state index < -0.39 is 0 Å². The van der Waals surface area contributed by atoms with Crippen molar-refractivity contribution in [2.45, 2.75) is 32.9 Å². The minimum Gasteiger partial charge on any atom is -0.493 e. The number of ether oxygens (including phenoxy) is 2. The Balaban J connectivity index is 1.48. The van der Waals surface area contributed by atoms with Crippen LogP contribution in [0.3, 0.4) is 0 Å². The molecule has 0 bridgehead atoms. The minimum atomic E-state index is -0.275. The van der Waals surface area contributed by atoms with Crippen molar-refractivity contribution < 1.29 is 23.5 Å². The van der Waals surface area contributed by atoms with Crippen molar-refractivity contribution in [1.29, 1.82) is 0 Å². The highest BCUT2D eigenvalue weighted by atomic mass is 32.1. The number of nitrogens with zero attached hydrogens (tertiary/aromatic N) is 1. The molecule has 0 saturated carbocycles. The third-order valence-electron chi connectivity index (χ3n) is 4.88. The molecule has 32 heavy (non-hydrogen) atoms. The largest absolute Gasteiger partial charge is 0.493 e. The second-order valence-electron chi connectivity index (χ2n) is 7.10. The SMILES string of the molecule is CCN(Cc1ccc(OCc2cccs2)c(OC)c1)C(=O)CCCNC(=O)c1ccco1. The van der Waals surface area contributed by atoms with Crippen LogP contribution in [0.25, 0.3) is 0 Å². The predicted octanol–water partition coefficient (Wildman–Crippen LogP) is 4.49. The molecule has 1 aromatic carbocycles. The summed E-state index contributed by atoms with van der Waals surface area (Å²) in [5, 5.41) is 4.77. The van der Waals surface area contributed by atoms with E-state index in [-0.39, 0.29) is 17.6 Å². The number of rotatable bonds is 12. The Morgan fingerprint density at radius 3 is 2.72 bits per heavy atom. The van der Waals surface area contributed by atoms with Gasteiger partial charge in [0, 0.05) is 30.9 Å². The molecule has 8 heteroatoms. The van der Waals surface area contributed by atoms with Gasteiger partial charge in [0.1, 0.15) is 6.61 Å². The molecular weight excluding hydrogens is 428 g/mol. The van der Waals surface area contributed by atoms with Crippen LogP contribution in [0.5, 0.6) is 11.5 Å². The van der Waals surface area contributed by atoms with E-state index >= 15 is 0 Å². The van der Waals surface area contributed by atoms with Gasteiger partial charge in [-0.15, -0.1) is 11.3 Å². The molecule has 0 spiro atoms. The molecule has 0 saturated heterocycles. The highest BCUT2D eigenvalue weighted by molar-refractivity contribution is 7.09. The lowest BCUT2D eigenvalue weighted by Crippen LogP contribution is -2.31. The van der Waals surface area contributed by atoms with Crippen molar-refractivity contribution in [2.75, 3.05) is 20.2 Å². The number of thiophene rings is 1. The molecule has 170 valence electrons. The molecule has 0 atom stereocenters. The zero-order chi connectivity index (χ0) is 22.8. The van der Waals surface area contributed by atoms with E-state index in [1.807, 2.05) is 42.6 Å². The first-order chi connectivity index (χ1) is 15.6. The van der Waals surface area contributed by atoms with Crippen LogP contribution in [0.4, 0.5) is 0 Å². The second kappa shape index (κ2) is 12.0. The number of furan rings is 1. The number of methoxy groups -OCH3 is 1. The van der Waals surface area contributed by atoms with Gasteiger partial charge in [-0.05, 0) is 54.6 Å². The van der Waals surface area contributed by atoms with Crippen molar-refractivity contribution >= 4 is 23.2 Å². The summed E-state index contributed by atoms with van der Waals surface area (Å²) < 4.78 is 16.4. The van der Waals surface area contributed by atoms with Gasteiger partial charge in [0.05, 0.1) is 13.4 Å². The van der Waals surface area contributed by atoms with Gasteiger partial charge in [-0.1, -0.05) is 12.1 Å². The van der Waals surface area contributed by atoms with Gasteiger partial charge in [-0.25, -0.2) is 0 Å². The highest BCUT2D eigenvalue weighted by Gasteiger charge is 2.15. The number of carbonyl (C=O) groups excluding carboxylic acids is 2. The lowest BCUT2D eigenvalue weighted by atomic mass is 10.1. The maximum atomic E-state index is 12.6. The van der Waals surface area contributed by atoms with E-state index in [0.29, 0.717) is 50.6 Å². The molecule has 7 nitrogen and oxygen atoms in total. The molecule has 2 amide bonds. The van der Waals surface area contributed by atoms with Crippen molar-refractivity contribution in [3.63, 3.8) is 0 Å². The van der Waals surface area contributed by atoms with E-state index in [4.69, 9.17) is 13.9 Å². The van der Waals surface area contributed by atoms with Crippen LogP contribution in [-0.2, 0) is 17.9 Å². The van der Waals surface area contributed by atoms with Crippen LogP contribution in [-0.4, -0.2) is 36.9 Å². The molecule has 3 rings (SSSR count). The van der Waals surface area contributed by atoms with Crippen LogP contribution in [0, 0.1) is 0 Å². The second-order valence-corrected chi connectivity index (χ2v) is 8.13. The number of hydrogen-bond donors (Lipinski definition) is 1. The Morgan fingerprint density at radius 1 is 1.16 bits per heavy atom. The molecular formula is C24H28N2O5S. The summed E-state index contributed by atoms with van der Waals surface area (Å²) >= 11 is 1.64. The average molecular weight is 457 g/mol. The summed E-state index contributed by atoms with van der Waals surface area (Å²) in [4.78, 5) is 27.4. The third kappa shape index (κ3) is 6.62. The summed E-state index contributed by atoms with van der Waals surface area (Å²) in [6.45, 7) is 3.93. The number of nitrogens with one attached hydrogen (secondary N) is 1. The third-order valence-corrected chi connectivity index (χ3v) is 5.73. The summed E-state index contributed by atoms with van der Waals surface area (Å²) in [5.74, 6) is 1.35. The molecule has 0 radical (unpaired) electrons. The van der Waals surface area contributed by atoms with Crippen molar-refractivity contribution in [3.05, 3.63) is 70.3 Å². The smallest absolute Gasteiger partial charge is 0.286 e. The fourth-order valence-corrected chi connectivity index (χ4v) is 3.78. The van der Waals surface area contributed by atoms with E-state index in [1.54, 1.807) is 35.5 Å². The topological polar surface area (TPSA) is 81.0 Å². The maximum absolute atomic E-state index is 12.6. The Kier molecular flexibility index (Phi) is 8.74. The fraction of sp³-hybridized carbons (Fsp3) is 0.333. The molecule has 0 fully saturated rings. The first-order valence-electron chi connectivity index (χ1n) is 10.5. The molecule has 0 aliphatic rings. The van der Waals surface area contributed by atoms with E-state index in [9.17, 15) is 9.59 Å². The number of amides is 2. The van der Waals surface area contributed by atoms with Gasteiger partial charge in [-0.3, -0.25) is 9.59 Å². The minimum absolute atomic E-state index is 0.0386. The molecule has 3 aromatic rings.